The van der Waals surface area contributed by atoms with E-state index in [4.69, 9.17) is 18.8 Å². The zero-order valence-electron chi connectivity index (χ0n) is 31.8. The van der Waals surface area contributed by atoms with Gasteiger partial charge in [0.1, 0.15) is 11.4 Å². The molecule has 0 unspecified atom stereocenters. The van der Waals surface area contributed by atoms with Gasteiger partial charge >= 0.3 is 13.2 Å². The molecule has 2 aromatic heterocycles. The Morgan fingerprint density at radius 3 is 2.31 bits per heavy atom. The number of amides is 2. The summed E-state index contributed by atoms with van der Waals surface area (Å²) in [5.74, 6) is 0.941. The van der Waals surface area contributed by atoms with Crippen molar-refractivity contribution in [3.8, 4) is 5.75 Å². The van der Waals surface area contributed by atoms with Gasteiger partial charge in [0.2, 0.25) is 0 Å². The quantitative estimate of drug-likeness (QED) is 0.280. The van der Waals surface area contributed by atoms with Gasteiger partial charge in [0, 0.05) is 73.0 Å². The Morgan fingerprint density at radius 2 is 1.67 bits per heavy atom. The van der Waals surface area contributed by atoms with Crippen LogP contribution in [0.15, 0.2) is 36.5 Å². The van der Waals surface area contributed by atoms with Gasteiger partial charge in [0.15, 0.2) is 11.6 Å². The number of piperazine rings is 1. The number of carbonyl (C=O) groups excluding carboxylic acids is 2. The molecule has 3 aromatic rings. The number of fused-ring (bicyclic) bond motifs is 1. The summed E-state index contributed by atoms with van der Waals surface area (Å²) >= 11 is 0. The van der Waals surface area contributed by atoms with Crippen molar-refractivity contribution in [2.45, 2.75) is 91.1 Å². The molecular weight excluding hydrogens is 664 g/mol. The maximum absolute atomic E-state index is 14.3. The van der Waals surface area contributed by atoms with E-state index in [1.807, 2.05) is 70.4 Å². The smallest absolute Gasteiger partial charge is 0.493 e. The molecule has 1 aliphatic carbocycles. The van der Waals surface area contributed by atoms with E-state index in [9.17, 15) is 14.0 Å². The number of pyridine rings is 1. The maximum atomic E-state index is 14.3. The Morgan fingerprint density at radius 1 is 0.981 bits per heavy atom. The number of ether oxygens (including phenoxy) is 2. The van der Waals surface area contributed by atoms with Crippen molar-refractivity contribution in [3.63, 3.8) is 0 Å². The van der Waals surface area contributed by atoms with Crippen LogP contribution in [-0.2, 0) is 20.6 Å². The molecule has 11 nitrogen and oxygen atoms in total. The lowest BCUT2D eigenvalue weighted by molar-refractivity contribution is 0.00578. The zero-order chi connectivity index (χ0) is 37.2. The Balaban J connectivity index is 1.25. The lowest BCUT2D eigenvalue weighted by atomic mass is 9.76. The third-order valence-corrected chi connectivity index (χ3v) is 10.9. The van der Waals surface area contributed by atoms with Gasteiger partial charge in [-0.2, -0.15) is 0 Å². The number of carbonyl (C=O) groups is 2. The summed E-state index contributed by atoms with van der Waals surface area (Å²) in [5.41, 5.74) is 2.73. The van der Waals surface area contributed by atoms with E-state index in [0.29, 0.717) is 62.3 Å². The second kappa shape index (κ2) is 13.4. The number of rotatable bonds is 7. The maximum Gasteiger partial charge on any atom is 0.497 e. The van der Waals surface area contributed by atoms with Crippen molar-refractivity contribution in [2.75, 3.05) is 51.3 Å². The Labute approximate surface area is 306 Å². The van der Waals surface area contributed by atoms with Crippen molar-refractivity contribution in [1.82, 2.24) is 19.4 Å². The van der Waals surface area contributed by atoms with Gasteiger partial charge < -0.3 is 38.0 Å². The normalized spacial score (nSPS) is 20.4. The van der Waals surface area contributed by atoms with Crippen molar-refractivity contribution >= 4 is 46.9 Å². The zero-order valence-corrected chi connectivity index (χ0v) is 31.8. The van der Waals surface area contributed by atoms with E-state index in [0.717, 1.165) is 53.4 Å². The van der Waals surface area contributed by atoms with Crippen molar-refractivity contribution < 1.29 is 32.8 Å². The number of aromatic nitrogens is 2. The number of anilines is 1. The molecule has 2 amide bonds. The van der Waals surface area contributed by atoms with Crippen LogP contribution >= 0.6 is 0 Å². The van der Waals surface area contributed by atoms with Gasteiger partial charge in [0.25, 0.3) is 5.91 Å². The Bertz CT molecular complexity index is 1890. The van der Waals surface area contributed by atoms with Crippen LogP contribution < -0.4 is 15.1 Å². The molecule has 1 aromatic carbocycles. The van der Waals surface area contributed by atoms with E-state index in [1.54, 1.807) is 4.90 Å². The summed E-state index contributed by atoms with van der Waals surface area (Å²) in [7, 11) is 0.812. The van der Waals surface area contributed by atoms with E-state index in [2.05, 4.69) is 21.7 Å². The van der Waals surface area contributed by atoms with Gasteiger partial charge in [-0.1, -0.05) is 6.08 Å². The first-order chi connectivity index (χ1) is 24.5. The van der Waals surface area contributed by atoms with E-state index in [1.165, 1.54) is 19.4 Å². The minimum absolute atomic E-state index is 0.0807. The molecule has 0 radical (unpaired) electrons. The first-order valence-corrected chi connectivity index (χ1v) is 18.5. The highest BCUT2D eigenvalue weighted by molar-refractivity contribution is 6.65. The molecule has 52 heavy (non-hydrogen) atoms. The first-order valence-electron chi connectivity index (χ1n) is 18.5. The fourth-order valence-corrected chi connectivity index (χ4v) is 7.25. The van der Waals surface area contributed by atoms with Crippen LogP contribution in [0.4, 0.5) is 15.0 Å². The Hall–Kier alpha value is -4.10. The number of methoxy groups -OCH3 is 1. The molecule has 3 aliphatic heterocycles. The number of hydrogen-bond donors (Lipinski definition) is 0. The van der Waals surface area contributed by atoms with E-state index in [-0.39, 0.29) is 12.0 Å². The molecule has 5 heterocycles. The SMILES string of the molecule is COc1cc(F)cnc1N1CCN(C(=O)c2cc(B3OC(C)(C)C(C)(C)O3)c3c(c2)cc(C2=CCCN(C(=O)OC(C)(C)C)C2)n3CC2CC2)CC1. The lowest BCUT2D eigenvalue weighted by Gasteiger charge is -2.36. The number of nitrogens with zero attached hydrogens (tertiary/aromatic N) is 5. The summed E-state index contributed by atoms with van der Waals surface area (Å²) in [6, 6.07) is 7.44. The molecule has 1 saturated carbocycles. The van der Waals surface area contributed by atoms with Gasteiger partial charge in [0.05, 0.1) is 31.1 Å². The highest BCUT2D eigenvalue weighted by Crippen LogP contribution is 2.40. The summed E-state index contributed by atoms with van der Waals surface area (Å²) in [6.07, 6.45) is 6.14. The summed E-state index contributed by atoms with van der Waals surface area (Å²) < 4.78 is 40.7. The third-order valence-electron chi connectivity index (χ3n) is 10.9. The van der Waals surface area contributed by atoms with Crippen molar-refractivity contribution in [2.24, 2.45) is 5.92 Å². The second-order valence-electron chi connectivity index (χ2n) is 16.6. The standard InChI is InChI=1S/C39H51BFN5O6/c1-37(2,3)50-36(48)45-13-9-10-26(24-45)31-20-27-18-28(35(47)44-16-14-43(15-17-44)34-32(49-8)21-29(41)22-42-34)19-30(33(27)46(31)23-25-11-12-25)40-51-38(4,5)39(6,7)52-40/h10,18-22,25H,9,11-17,23-24H2,1-8H3. The largest absolute Gasteiger partial charge is 0.497 e. The molecule has 3 fully saturated rings. The molecule has 0 atom stereocenters. The monoisotopic (exact) mass is 715 g/mol. The molecule has 2 saturated heterocycles. The van der Waals surface area contributed by atoms with Gasteiger partial charge in [-0.25, -0.2) is 14.2 Å². The summed E-state index contributed by atoms with van der Waals surface area (Å²) in [6.45, 7) is 17.6. The topological polar surface area (TPSA) is 98.6 Å². The molecule has 4 aliphatic rings. The van der Waals surface area contributed by atoms with Crippen molar-refractivity contribution in [3.05, 3.63) is 53.6 Å². The average molecular weight is 716 g/mol. The molecule has 0 bridgehead atoms. The third kappa shape index (κ3) is 7.13. The summed E-state index contributed by atoms with van der Waals surface area (Å²) in [5, 5.41) is 0.931. The molecule has 0 spiro atoms. The Kier molecular flexibility index (Phi) is 9.34. The van der Waals surface area contributed by atoms with Crippen LogP contribution in [-0.4, -0.2) is 102 Å². The fraction of sp³-hybridized carbons (Fsp3) is 0.564. The van der Waals surface area contributed by atoms with E-state index >= 15 is 0 Å². The predicted octanol–water partition coefficient (Wildman–Crippen LogP) is 5.88. The molecule has 278 valence electrons. The predicted molar refractivity (Wildman–Crippen MR) is 200 cm³/mol. The fourth-order valence-electron chi connectivity index (χ4n) is 7.25. The van der Waals surface area contributed by atoms with Gasteiger partial charge in [-0.3, -0.25) is 4.79 Å². The number of halogens is 1. The average Bonchev–Trinajstić information content (AvgIpc) is 3.79. The van der Waals surface area contributed by atoms with Gasteiger partial charge in [-0.05, 0) is 97.4 Å². The molecular formula is C39H51BFN5O6. The number of benzene rings is 1. The summed E-state index contributed by atoms with van der Waals surface area (Å²) in [4.78, 5) is 37.4. The van der Waals surface area contributed by atoms with Crippen LogP contribution in [0.3, 0.4) is 0 Å². The minimum Gasteiger partial charge on any atom is -0.493 e. The van der Waals surface area contributed by atoms with Crippen LogP contribution in [0.25, 0.3) is 16.5 Å². The molecule has 13 heteroatoms. The number of hydrogen-bond acceptors (Lipinski definition) is 8. The molecule has 7 rings (SSSR count). The van der Waals surface area contributed by atoms with Crippen LogP contribution in [0.5, 0.6) is 5.75 Å². The van der Waals surface area contributed by atoms with Gasteiger partial charge in [-0.15, -0.1) is 0 Å². The highest BCUT2D eigenvalue weighted by atomic mass is 19.1. The van der Waals surface area contributed by atoms with Crippen molar-refractivity contribution in [1.29, 1.82) is 0 Å². The van der Waals surface area contributed by atoms with Crippen LogP contribution in [0, 0.1) is 11.7 Å². The minimum atomic E-state index is -0.687. The van der Waals surface area contributed by atoms with E-state index < -0.39 is 29.7 Å². The second-order valence-corrected chi connectivity index (χ2v) is 16.6. The van der Waals surface area contributed by atoms with Crippen LogP contribution in [0.1, 0.15) is 83.8 Å². The highest BCUT2D eigenvalue weighted by Gasteiger charge is 2.52. The lowest BCUT2D eigenvalue weighted by Crippen LogP contribution is -2.49. The first kappa shape index (κ1) is 36.3. The molecule has 0 N–H and O–H groups in total. The van der Waals surface area contributed by atoms with Crippen LogP contribution in [0.2, 0.25) is 0 Å².